The molecule has 0 atom stereocenters. The van der Waals surface area contributed by atoms with Crippen molar-refractivity contribution in [3.8, 4) is 0 Å². The van der Waals surface area contributed by atoms with Gasteiger partial charge in [0.1, 0.15) is 11.3 Å². The van der Waals surface area contributed by atoms with Gasteiger partial charge in [-0.15, -0.1) is 0 Å². The molecule has 1 aliphatic carbocycles. The first-order valence-electron chi connectivity index (χ1n) is 13.1. The number of hydrogen-bond acceptors (Lipinski definition) is 3. The normalized spacial score (nSPS) is 12.8. The van der Waals surface area contributed by atoms with Crippen LogP contribution in [0.3, 0.4) is 0 Å². The van der Waals surface area contributed by atoms with Crippen molar-refractivity contribution in [2.75, 3.05) is 5.32 Å². The summed E-state index contributed by atoms with van der Waals surface area (Å²) in [5, 5.41) is 4.87. The van der Waals surface area contributed by atoms with E-state index >= 15 is 0 Å². The molecule has 0 amide bonds. The lowest BCUT2D eigenvalue weighted by Crippen LogP contribution is -2.00. The number of hydrogen-bond donors (Lipinski definition) is 2. The summed E-state index contributed by atoms with van der Waals surface area (Å²) in [5.41, 5.74) is 14.5. The van der Waals surface area contributed by atoms with E-state index in [0.717, 1.165) is 46.7 Å². The molecule has 0 spiro atoms. The van der Waals surface area contributed by atoms with E-state index in [4.69, 9.17) is 10.2 Å². The Bertz CT molecular complexity index is 1230. The van der Waals surface area contributed by atoms with Crippen LogP contribution in [0.5, 0.6) is 0 Å². The Morgan fingerprint density at radius 1 is 1.00 bits per heavy atom. The van der Waals surface area contributed by atoms with Crippen molar-refractivity contribution in [3.63, 3.8) is 0 Å². The maximum Gasteiger partial charge on any atom is 0.140 e. The number of fused-ring (bicyclic) bond motifs is 3. The van der Waals surface area contributed by atoms with Gasteiger partial charge in [-0.05, 0) is 82.5 Å². The fourth-order valence-corrected chi connectivity index (χ4v) is 3.73. The average molecular weight is 485 g/mol. The van der Waals surface area contributed by atoms with Crippen molar-refractivity contribution >= 4 is 28.4 Å². The van der Waals surface area contributed by atoms with Gasteiger partial charge in [-0.1, -0.05) is 81.3 Å². The summed E-state index contributed by atoms with van der Waals surface area (Å²) in [5.74, 6) is 1.62. The van der Waals surface area contributed by atoms with Crippen LogP contribution in [0.4, 0.5) is 5.69 Å². The predicted molar refractivity (Wildman–Crippen MR) is 160 cm³/mol. The van der Waals surface area contributed by atoms with Crippen molar-refractivity contribution in [2.24, 2.45) is 11.7 Å². The number of benzene rings is 2. The number of aryl methyl sites for hydroxylation is 2. The van der Waals surface area contributed by atoms with E-state index in [0.29, 0.717) is 5.92 Å². The van der Waals surface area contributed by atoms with E-state index in [1.54, 1.807) is 6.20 Å². The smallest absolute Gasteiger partial charge is 0.140 e. The van der Waals surface area contributed by atoms with Crippen LogP contribution in [0.15, 0.2) is 82.5 Å². The van der Waals surface area contributed by atoms with Gasteiger partial charge in [0.25, 0.3) is 0 Å². The molecule has 1 aromatic heterocycles. The van der Waals surface area contributed by atoms with Crippen LogP contribution >= 0.6 is 0 Å². The lowest BCUT2D eigenvalue weighted by molar-refractivity contribution is 0.593. The zero-order valence-electron chi connectivity index (χ0n) is 23.4. The molecular weight excluding hydrogens is 440 g/mol. The monoisotopic (exact) mass is 484 g/mol. The van der Waals surface area contributed by atoms with Crippen molar-refractivity contribution < 1.29 is 4.42 Å². The number of allylic oxidation sites excluding steroid dienone is 5. The maximum absolute atomic E-state index is 6.19. The molecule has 3 aromatic rings. The third-order valence-electron chi connectivity index (χ3n) is 6.18. The molecule has 0 bridgehead atoms. The number of nitrogens with two attached hydrogens (primary N) is 1. The summed E-state index contributed by atoms with van der Waals surface area (Å²) in [6, 6.07) is 14.8. The second-order valence-electron chi connectivity index (χ2n) is 9.38. The van der Waals surface area contributed by atoms with Gasteiger partial charge in [-0.2, -0.15) is 0 Å². The standard InChI is InChI=1S/C25H25NO.C6H13N.C2H6/c1-17(2)13-15-23(19-9-5-4-6-10-19)26-22-16-14-21-20-11-7-8-12-24(20)27-25(21)18(22)3;1-5(2)6(3)4-7;1-2/h4-6,8-10,12-16,26H,7,11H2,1-3H3;4-5H,7H2,1-3H3;1-2H3/b23-15-;6-4-;. The zero-order chi connectivity index (χ0) is 26.7. The van der Waals surface area contributed by atoms with E-state index in [1.165, 1.54) is 22.1 Å². The van der Waals surface area contributed by atoms with Gasteiger partial charge in [0.05, 0.1) is 0 Å². The molecule has 1 heterocycles. The van der Waals surface area contributed by atoms with E-state index in [9.17, 15) is 0 Å². The van der Waals surface area contributed by atoms with Crippen LogP contribution in [0.2, 0.25) is 0 Å². The van der Waals surface area contributed by atoms with Crippen LogP contribution in [0, 0.1) is 12.8 Å². The molecule has 0 unspecified atom stereocenters. The molecule has 3 nitrogen and oxygen atoms in total. The van der Waals surface area contributed by atoms with E-state index in [-0.39, 0.29) is 0 Å². The SMILES string of the molecule is C/C(=C/N)C(C)C.CC.CC(C)=C/C=C(\Nc1ccc2c3c(oc2c1C)C=CCC3)c1ccccc1. The first-order valence-corrected chi connectivity index (χ1v) is 13.1. The van der Waals surface area contributed by atoms with Gasteiger partial charge in [0.15, 0.2) is 0 Å². The van der Waals surface area contributed by atoms with Gasteiger partial charge >= 0.3 is 0 Å². The molecule has 0 fully saturated rings. The van der Waals surface area contributed by atoms with Crippen molar-refractivity contribution in [1.82, 2.24) is 0 Å². The summed E-state index contributed by atoms with van der Waals surface area (Å²) in [4.78, 5) is 0. The molecule has 0 radical (unpaired) electrons. The largest absolute Gasteiger partial charge is 0.456 e. The number of nitrogens with one attached hydrogen (secondary N) is 1. The highest BCUT2D eigenvalue weighted by molar-refractivity contribution is 5.93. The number of anilines is 1. The summed E-state index contributed by atoms with van der Waals surface area (Å²) in [6.45, 7) is 16.6. The zero-order valence-corrected chi connectivity index (χ0v) is 23.4. The molecule has 192 valence electrons. The third-order valence-corrected chi connectivity index (χ3v) is 6.18. The first-order chi connectivity index (χ1) is 17.3. The van der Waals surface area contributed by atoms with Gasteiger partial charge in [0.2, 0.25) is 0 Å². The fraction of sp³-hybridized carbons (Fsp3) is 0.333. The van der Waals surface area contributed by atoms with E-state index < -0.39 is 0 Å². The highest BCUT2D eigenvalue weighted by Crippen LogP contribution is 2.36. The topological polar surface area (TPSA) is 51.2 Å². The van der Waals surface area contributed by atoms with Gasteiger partial charge in [-0.25, -0.2) is 0 Å². The second-order valence-corrected chi connectivity index (χ2v) is 9.38. The van der Waals surface area contributed by atoms with Gasteiger partial charge in [-0.3, -0.25) is 0 Å². The summed E-state index contributed by atoms with van der Waals surface area (Å²) < 4.78 is 6.19. The summed E-state index contributed by atoms with van der Waals surface area (Å²) >= 11 is 0. The number of rotatable bonds is 5. The third kappa shape index (κ3) is 7.52. The molecule has 4 rings (SSSR count). The molecular formula is C33H44N2O. The van der Waals surface area contributed by atoms with Crippen LogP contribution in [0.1, 0.15) is 77.3 Å². The van der Waals surface area contributed by atoms with Crippen molar-refractivity contribution in [1.29, 1.82) is 0 Å². The molecule has 3 N–H and O–H groups in total. The Morgan fingerprint density at radius 3 is 2.28 bits per heavy atom. The van der Waals surface area contributed by atoms with Crippen LogP contribution in [-0.4, -0.2) is 0 Å². The Balaban J connectivity index is 0.000000440. The Kier molecular flexibility index (Phi) is 11.3. The van der Waals surface area contributed by atoms with Gasteiger partial charge in [0, 0.05) is 27.9 Å². The molecule has 0 saturated carbocycles. The van der Waals surface area contributed by atoms with Crippen LogP contribution in [-0.2, 0) is 6.42 Å². The molecule has 1 aliphatic rings. The maximum atomic E-state index is 6.19. The number of furan rings is 1. The summed E-state index contributed by atoms with van der Waals surface area (Å²) in [6.07, 6.45) is 12.4. The fourth-order valence-electron chi connectivity index (χ4n) is 3.73. The van der Waals surface area contributed by atoms with Gasteiger partial charge < -0.3 is 15.5 Å². The molecule has 0 aliphatic heterocycles. The molecule has 0 saturated heterocycles. The summed E-state index contributed by atoms with van der Waals surface area (Å²) in [7, 11) is 0. The van der Waals surface area contributed by atoms with Crippen LogP contribution < -0.4 is 11.1 Å². The minimum Gasteiger partial charge on any atom is -0.456 e. The van der Waals surface area contributed by atoms with E-state index in [2.05, 4.69) is 101 Å². The van der Waals surface area contributed by atoms with Crippen molar-refractivity contribution in [2.45, 2.75) is 68.2 Å². The van der Waals surface area contributed by atoms with Crippen molar-refractivity contribution in [3.05, 3.63) is 100 Å². The lowest BCUT2D eigenvalue weighted by Gasteiger charge is -2.14. The highest BCUT2D eigenvalue weighted by Gasteiger charge is 2.17. The average Bonchev–Trinajstić information content (AvgIpc) is 3.28. The quantitative estimate of drug-likeness (QED) is 0.354. The Morgan fingerprint density at radius 2 is 1.69 bits per heavy atom. The minimum atomic E-state index is 0.602. The molecule has 3 heteroatoms. The molecule has 36 heavy (non-hydrogen) atoms. The molecule has 2 aromatic carbocycles. The van der Waals surface area contributed by atoms with Crippen LogP contribution in [0.25, 0.3) is 22.7 Å². The Hall–Kier alpha value is -3.46. The minimum absolute atomic E-state index is 0.602. The first kappa shape index (κ1) is 28.8. The predicted octanol–water partition coefficient (Wildman–Crippen LogP) is 9.65. The Labute approximate surface area is 218 Å². The lowest BCUT2D eigenvalue weighted by atomic mass is 9.99. The van der Waals surface area contributed by atoms with E-state index in [1.807, 2.05) is 26.8 Å². The highest BCUT2D eigenvalue weighted by atomic mass is 16.3. The second kappa shape index (κ2) is 14.2.